The van der Waals surface area contributed by atoms with Crippen LogP contribution in [-0.2, 0) is 7.05 Å². The Morgan fingerprint density at radius 1 is 1.39 bits per heavy atom. The zero-order valence-corrected chi connectivity index (χ0v) is 12.2. The molecule has 3 rings (SSSR count). The molecule has 98 valence electrons. The molecule has 6 heteroatoms. The predicted octanol–water partition coefficient (Wildman–Crippen LogP) is 1.48. The Morgan fingerprint density at radius 3 is 2.78 bits per heavy atom. The van der Waals surface area contributed by atoms with E-state index in [4.69, 9.17) is 4.98 Å². The Kier molecular flexibility index (Phi) is 2.79. The highest BCUT2D eigenvalue weighted by Crippen LogP contribution is 2.32. The largest absolute Gasteiger partial charge is 0.347 e. The van der Waals surface area contributed by atoms with E-state index in [0.29, 0.717) is 6.04 Å². The molecule has 3 heterocycles. The van der Waals surface area contributed by atoms with Gasteiger partial charge in [0.05, 0.1) is 10.4 Å². The first-order valence-electron chi connectivity index (χ1n) is 6.28. The van der Waals surface area contributed by atoms with E-state index < -0.39 is 0 Å². The van der Waals surface area contributed by atoms with Crippen LogP contribution in [0.2, 0.25) is 0 Å². The van der Waals surface area contributed by atoms with Gasteiger partial charge in [-0.05, 0) is 26.9 Å². The number of rotatable bonds is 2. The third-order valence-corrected chi connectivity index (χ3v) is 4.99. The molecule has 1 aliphatic rings. The molecule has 1 saturated heterocycles. The van der Waals surface area contributed by atoms with Gasteiger partial charge in [-0.2, -0.15) is 5.10 Å². The van der Waals surface area contributed by atoms with Crippen molar-refractivity contribution in [2.45, 2.75) is 19.4 Å². The van der Waals surface area contributed by atoms with Gasteiger partial charge in [0, 0.05) is 26.7 Å². The maximum absolute atomic E-state index is 4.73. The Morgan fingerprint density at radius 2 is 2.17 bits per heavy atom. The summed E-state index contributed by atoms with van der Waals surface area (Å²) in [4.78, 5) is 9.43. The van der Waals surface area contributed by atoms with E-state index in [1.807, 2.05) is 18.7 Å². The monoisotopic (exact) mass is 265 g/mol. The summed E-state index contributed by atoms with van der Waals surface area (Å²) in [7, 11) is 6.30. The fourth-order valence-electron chi connectivity index (χ4n) is 2.61. The van der Waals surface area contributed by atoms with Gasteiger partial charge in [-0.25, -0.2) is 9.67 Å². The van der Waals surface area contributed by atoms with Crippen LogP contribution >= 0.6 is 11.3 Å². The minimum absolute atomic E-state index is 0.587. The van der Waals surface area contributed by atoms with Gasteiger partial charge in [0.2, 0.25) is 0 Å². The summed E-state index contributed by atoms with van der Waals surface area (Å²) in [6, 6.07) is 0.587. The lowest BCUT2D eigenvalue weighted by Gasteiger charge is -2.23. The van der Waals surface area contributed by atoms with E-state index in [1.165, 1.54) is 17.7 Å². The van der Waals surface area contributed by atoms with E-state index in [0.717, 1.165) is 23.0 Å². The lowest BCUT2D eigenvalue weighted by molar-refractivity contribution is 0.409. The Bertz CT molecular complexity index is 538. The Labute approximate surface area is 111 Å². The summed E-state index contributed by atoms with van der Waals surface area (Å²) in [5.74, 6) is 0. The van der Waals surface area contributed by atoms with E-state index >= 15 is 0 Å². The van der Waals surface area contributed by atoms with Crippen LogP contribution in [0.25, 0.3) is 10.3 Å². The lowest BCUT2D eigenvalue weighted by Crippen LogP contribution is -2.33. The molecule has 1 aliphatic heterocycles. The molecular weight excluding hydrogens is 246 g/mol. The minimum Gasteiger partial charge on any atom is -0.347 e. The number of fused-ring (bicyclic) bond motifs is 1. The molecule has 1 atom stereocenters. The molecule has 0 spiro atoms. The van der Waals surface area contributed by atoms with Gasteiger partial charge in [0.1, 0.15) is 0 Å². The standard InChI is InChI=1S/C12H19N5S/c1-8-10-11(17(4)14-8)13-12(18-10)16(3)9-5-6-15(2)7-9/h9H,5-7H2,1-4H3/t9-/m1/s1. The number of hydrogen-bond donors (Lipinski definition) is 0. The summed E-state index contributed by atoms with van der Waals surface area (Å²) in [5, 5.41) is 5.51. The summed E-state index contributed by atoms with van der Waals surface area (Å²) >= 11 is 1.75. The van der Waals surface area contributed by atoms with Crippen molar-refractivity contribution >= 4 is 26.8 Å². The average molecular weight is 265 g/mol. The van der Waals surface area contributed by atoms with E-state index in [-0.39, 0.29) is 0 Å². The molecule has 1 fully saturated rings. The second-order valence-corrected chi connectivity index (χ2v) is 6.15. The van der Waals surface area contributed by atoms with Crippen molar-refractivity contribution in [3.05, 3.63) is 5.69 Å². The average Bonchev–Trinajstić information content (AvgIpc) is 2.98. The van der Waals surface area contributed by atoms with Crippen molar-refractivity contribution in [1.29, 1.82) is 0 Å². The number of hydrogen-bond acceptors (Lipinski definition) is 5. The third-order valence-electron chi connectivity index (χ3n) is 3.75. The third kappa shape index (κ3) is 1.80. The Balaban J connectivity index is 1.92. The maximum atomic E-state index is 4.73. The maximum Gasteiger partial charge on any atom is 0.188 e. The van der Waals surface area contributed by atoms with Crippen LogP contribution in [0, 0.1) is 6.92 Å². The molecule has 2 aromatic heterocycles. The van der Waals surface area contributed by atoms with Gasteiger partial charge in [0.15, 0.2) is 10.8 Å². The van der Waals surface area contributed by atoms with Crippen LogP contribution in [0.15, 0.2) is 0 Å². The van der Waals surface area contributed by atoms with Crippen LogP contribution in [0.4, 0.5) is 5.13 Å². The first-order chi connectivity index (χ1) is 8.56. The summed E-state index contributed by atoms with van der Waals surface area (Å²) in [5.41, 5.74) is 2.08. The van der Waals surface area contributed by atoms with Crippen molar-refractivity contribution in [3.63, 3.8) is 0 Å². The first-order valence-corrected chi connectivity index (χ1v) is 7.09. The van der Waals surface area contributed by atoms with Gasteiger partial charge in [-0.15, -0.1) is 0 Å². The van der Waals surface area contributed by atoms with Crippen molar-refractivity contribution in [2.24, 2.45) is 7.05 Å². The number of thiazole rings is 1. The van der Waals surface area contributed by atoms with Gasteiger partial charge in [-0.3, -0.25) is 0 Å². The molecule has 0 bridgehead atoms. The fraction of sp³-hybridized carbons (Fsp3) is 0.667. The van der Waals surface area contributed by atoms with Crippen LogP contribution in [0.5, 0.6) is 0 Å². The molecule has 0 N–H and O–H groups in total. The normalized spacial score (nSPS) is 21.0. The molecule has 0 radical (unpaired) electrons. The van der Waals surface area contributed by atoms with Gasteiger partial charge in [0.25, 0.3) is 0 Å². The molecule has 2 aromatic rings. The number of anilines is 1. The fourth-order valence-corrected chi connectivity index (χ4v) is 3.67. The van der Waals surface area contributed by atoms with E-state index in [2.05, 4.69) is 29.0 Å². The predicted molar refractivity (Wildman–Crippen MR) is 75.4 cm³/mol. The van der Waals surface area contributed by atoms with Gasteiger partial charge in [-0.1, -0.05) is 11.3 Å². The molecule has 0 aromatic carbocycles. The number of aryl methyl sites for hydroxylation is 2. The molecule has 0 saturated carbocycles. The first kappa shape index (κ1) is 11.9. The Hall–Kier alpha value is -1.14. The number of likely N-dealkylation sites (N-methyl/N-ethyl adjacent to an activating group) is 2. The van der Waals surface area contributed by atoms with Crippen LogP contribution in [-0.4, -0.2) is 52.9 Å². The second-order valence-electron chi connectivity index (χ2n) is 5.17. The highest BCUT2D eigenvalue weighted by Gasteiger charge is 2.26. The van der Waals surface area contributed by atoms with Crippen molar-refractivity contribution in [2.75, 3.05) is 32.1 Å². The molecule has 0 aliphatic carbocycles. The topological polar surface area (TPSA) is 37.2 Å². The number of aromatic nitrogens is 3. The second kappa shape index (κ2) is 4.20. The molecular formula is C12H19N5S. The quantitative estimate of drug-likeness (QED) is 0.824. The zero-order chi connectivity index (χ0) is 12.9. The van der Waals surface area contributed by atoms with Crippen LogP contribution < -0.4 is 4.90 Å². The van der Waals surface area contributed by atoms with Gasteiger partial charge < -0.3 is 9.80 Å². The van der Waals surface area contributed by atoms with Gasteiger partial charge >= 0.3 is 0 Å². The molecule has 0 unspecified atom stereocenters. The number of nitrogens with zero attached hydrogens (tertiary/aromatic N) is 5. The summed E-state index contributed by atoms with van der Waals surface area (Å²) < 4.78 is 3.09. The van der Waals surface area contributed by atoms with Crippen molar-refractivity contribution < 1.29 is 0 Å². The SMILES string of the molecule is Cc1nn(C)c2nc(N(C)[C@@H]3CCN(C)C3)sc12. The van der Waals surface area contributed by atoms with Crippen molar-refractivity contribution in [1.82, 2.24) is 19.7 Å². The van der Waals surface area contributed by atoms with E-state index in [9.17, 15) is 0 Å². The summed E-state index contributed by atoms with van der Waals surface area (Å²) in [6.45, 7) is 4.36. The van der Waals surface area contributed by atoms with Crippen LogP contribution in [0.3, 0.4) is 0 Å². The zero-order valence-electron chi connectivity index (χ0n) is 11.3. The molecule has 0 amide bonds. The smallest absolute Gasteiger partial charge is 0.188 e. The summed E-state index contributed by atoms with van der Waals surface area (Å²) in [6.07, 6.45) is 1.22. The molecule has 5 nitrogen and oxygen atoms in total. The highest BCUT2D eigenvalue weighted by atomic mass is 32.1. The molecule has 18 heavy (non-hydrogen) atoms. The van der Waals surface area contributed by atoms with Crippen LogP contribution in [0.1, 0.15) is 12.1 Å². The minimum atomic E-state index is 0.587. The highest BCUT2D eigenvalue weighted by molar-refractivity contribution is 7.22. The number of likely N-dealkylation sites (tertiary alicyclic amines) is 1. The van der Waals surface area contributed by atoms with E-state index in [1.54, 1.807) is 11.3 Å². The lowest BCUT2D eigenvalue weighted by atomic mass is 10.2. The van der Waals surface area contributed by atoms with Crippen molar-refractivity contribution in [3.8, 4) is 0 Å².